The summed E-state index contributed by atoms with van der Waals surface area (Å²) < 4.78 is 0. The highest BCUT2D eigenvalue weighted by molar-refractivity contribution is 7.19. The lowest BCUT2D eigenvalue weighted by Gasteiger charge is -2.03. The van der Waals surface area contributed by atoms with Crippen LogP contribution in [0, 0.1) is 13.8 Å². The van der Waals surface area contributed by atoms with Gasteiger partial charge < -0.3 is 4.98 Å². The van der Waals surface area contributed by atoms with Crippen LogP contribution in [0.3, 0.4) is 0 Å². The Morgan fingerprint density at radius 1 is 1.11 bits per heavy atom. The second-order valence-corrected chi connectivity index (χ2v) is 8.01. The number of thiophene rings is 1. The number of nitrogens with zero attached hydrogens (tertiary/aromatic N) is 1. The molecule has 0 bridgehead atoms. The van der Waals surface area contributed by atoms with E-state index in [9.17, 15) is 4.79 Å². The number of nitrogens with one attached hydrogen (secondary N) is 1. The number of hydrogen-bond acceptors (Lipinski definition) is 3. The van der Waals surface area contributed by atoms with E-state index < -0.39 is 0 Å². The highest BCUT2D eigenvalue weighted by atomic mass is 35.5. The number of benzene rings is 2. The summed E-state index contributed by atoms with van der Waals surface area (Å²) in [4.78, 5) is 22.1. The third-order valence-corrected chi connectivity index (χ3v) is 5.65. The maximum Gasteiger partial charge on any atom is 0.260 e. The number of halogens is 1. The van der Waals surface area contributed by atoms with Gasteiger partial charge in [0.15, 0.2) is 5.82 Å². The minimum atomic E-state index is -0.172. The molecule has 0 radical (unpaired) electrons. The van der Waals surface area contributed by atoms with E-state index in [1.807, 2.05) is 74.5 Å². The fourth-order valence-corrected chi connectivity index (χ4v) is 4.42. The molecule has 0 fully saturated rings. The predicted octanol–water partition coefficient (Wildman–Crippen LogP) is 6.01. The lowest BCUT2D eigenvalue weighted by Crippen LogP contribution is -2.10. The summed E-state index contributed by atoms with van der Waals surface area (Å²) in [5.41, 5.74) is 3.90. The fraction of sp³-hybridized carbons (Fsp3) is 0.0909. The molecule has 4 aromatic rings. The summed E-state index contributed by atoms with van der Waals surface area (Å²) in [6.07, 6.45) is 1.82. The molecule has 0 aliphatic carbocycles. The first-order chi connectivity index (χ1) is 13.0. The molecule has 2 aromatic heterocycles. The van der Waals surface area contributed by atoms with Gasteiger partial charge in [0.2, 0.25) is 0 Å². The molecule has 4 rings (SSSR count). The summed E-state index contributed by atoms with van der Waals surface area (Å²) in [5, 5.41) is 1.03. The lowest BCUT2D eigenvalue weighted by atomic mass is 10.0. The van der Waals surface area contributed by atoms with E-state index in [0.29, 0.717) is 21.1 Å². The van der Waals surface area contributed by atoms with E-state index in [1.165, 1.54) is 11.3 Å². The number of H-pyrrole nitrogens is 1. The number of aromatic amines is 1. The van der Waals surface area contributed by atoms with Crippen LogP contribution < -0.4 is 5.56 Å². The van der Waals surface area contributed by atoms with Crippen LogP contribution in [0.15, 0.2) is 59.4 Å². The zero-order valence-corrected chi connectivity index (χ0v) is 16.5. The van der Waals surface area contributed by atoms with Crippen LogP contribution in [0.5, 0.6) is 0 Å². The molecule has 27 heavy (non-hydrogen) atoms. The molecule has 0 amide bonds. The van der Waals surface area contributed by atoms with Crippen LogP contribution in [-0.2, 0) is 0 Å². The average Bonchev–Trinajstić information content (AvgIpc) is 2.99. The molecule has 1 N–H and O–H groups in total. The van der Waals surface area contributed by atoms with E-state index in [2.05, 4.69) is 9.97 Å². The molecule has 0 saturated carbocycles. The topological polar surface area (TPSA) is 45.8 Å². The molecule has 0 unspecified atom stereocenters. The normalized spacial score (nSPS) is 11.9. The van der Waals surface area contributed by atoms with Crippen molar-refractivity contribution in [2.24, 2.45) is 0 Å². The average molecular weight is 393 g/mol. The molecule has 2 heterocycles. The summed E-state index contributed by atoms with van der Waals surface area (Å²) >= 11 is 7.97. The van der Waals surface area contributed by atoms with Gasteiger partial charge in [-0.15, -0.1) is 11.3 Å². The molecule has 0 aliphatic rings. The number of fused-ring (bicyclic) bond motifs is 1. The Morgan fingerprint density at radius 2 is 1.89 bits per heavy atom. The second kappa shape index (κ2) is 7.14. The molecule has 0 aliphatic heterocycles. The Labute approximate surface area is 166 Å². The molecule has 0 spiro atoms. The first-order valence-corrected chi connectivity index (χ1v) is 9.75. The van der Waals surface area contributed by atoms with Gasteiger partial charge in [-0.05, 0) is 31.1 Å². The van der Waals surface area contributed by atoms with Gasteiger partial charge in [0.05, 0.1) is 10.4 Å². The number of hydrogen-bond donors (Lipinski definition) is 1. The third-order valence-electron chi connectivity index (χ3n) is 4.36. The van der Waals surface area contributed by atoms with E-state index in [1.54, 1.807) is 0 Å². The summed E-state index contributed by atoms with van der Waals surface area (Å²) in [7, 11) is 0. The van der Waals surface area contributed by atoms with Crippen molar-refractivity contribution in [2.45, 2.75) is 13.8 Å². The maximum absolute atomic E-state index is 12.8. The van der Waals surface area contributed by atoms with Crippen molar-refractivity contribution in [1.29, 1.82) is 0 Å². The van der Waals surface area contributed by atoms with Gasteiger partial charge in [0, 0.05) is 10.4 Å². The van der Waals surface area contributed by atoms with Crippen LogP contribution in [0.1, 0.15) is 21.8 Å². The Morgan fingerprint density at radius 3 is 2.63 bits per heavy atom. The lowest BCUT2D eigenvalue weighted by molar-refractivity contribution is 1.14. The van der Waals surface area contributed by atoms with Gasteiger partial charge in [0.1, 0.15) is 4.83 Å². The molecular formula is C22H17ClN2OS. The fourth-order valence-electron chi connectivity index (χ4n) is 3.16. The maximum atomic E-state index is 12.8. The number of aryl methyl sites for hydroxylation is 2. The van der Waals surface area contributed by atoms with Crippen molar-refractivity contribution in [3.05, 3.63) is 86.8 Å². The second-order valence-electron chi connectivity index (χ2n) is 6.40. The first-order valence-electron chi connectivity index (χ1n) is 8.56. The van der Waals surface area contributed by atoms with Crippen molar-refractivity contribution in [3.8, 4) is 11.1 Å². The minimum Gasteiger partial charge on any atom is -0.305 e. The minimum absolute atomic E-state index is 0.172. The Kier molecular flexibility index (Phi) is 4.68. The Balaban J connectivity index is 1.85. The van der Waals surface area contributed by atoms with Crippen LogP contribution >= 0.6 is 22.9 Å². The van der Waals surface area contributed by atoms with Gasteiger partial charge in [-0.25, -0.2) is 4.98 Å². The standard InChI is InChI=1S/C22H17ClN2OS/c1-13-7-6-8-15(11-13)12-17(23)20-24-21(26)19-18(14(2)27-22(19)25-20)16-9-4-3-5-10-16/h3-12H,1-2H3,(H,24,25,26)/b17-12-. The molecule has 3 nitrogen and oxygen atoms in total. The predicted molar refractivity (Wildman–Crippen MR) is 115 cm³/mol. The van der Waals surface area contributed by atoms with Crippen LogP contribution in [-0.4, -0.2) is 9.97 Å². The summed E-state index contributed by atoms with van der Waals surface area (Å²) in [5.74, 6) is 0.386. The van der Waals surface area contributed by atoms with Gasteiger partial charge in [0.25, 0.3) is 5.56 Å². The zero-order chi connectivity index (χ0) is 19.0. The van der Waals surface area contributed by atoms with Crippen molar-refractivity contribution in [1.82, 2.24) is 9.97 Å². The number of aromatic nitrogens is 2. The van der Waals surface area contributed by atoms with Crippen molar-refractivity contribution in [2.75, 3.05) is 0 Å². The van der Waals surface area contributed by atoms with Crippen molar-refractivity contribution >= 4 is 44.3 Å². The van der Waals surface area contributed by atoms with Gasteiger partial charge in [-0.2, -0.15) is 0 Å². The van der Waals surface area contributed by atoms with Gasteiger partial charge in [-0.1, -0.05) is 71.8 Å². The van der Waals surface area contributed by atoms with Crippen LogP contribution in [0.4, 0.5) is 0 Å². The largest absolute Gasteiger partial charge is 0.305 e. The van der Waals surface area contributed by atoms with Crippen LogP contribution in [0.2, 0.25) is 0 Å². The molecule has 0 atom stereocenters. The first kappa shape index (κ1) is 17.7. The van der Waals surface area contributed by atoms with Gasteiger partial charge >= 0.3 is 0 Å². The van der Waals surface area contributed by atoms with E-state index in [-0.39, 0.29) is 5.56 Å². The van der Waals surface area contributed by atoms with Crippen molar-refractivity contribution < 1.29 is 0 Å². The molecule has 134 valence electrons. The smallest absolute Gasteiger partial charge is 0.260 e. The summed E-state index contributed by atoms with van der Waals surface area (Å²) in [6.45, 7) is 4.04. The quantitative estimate of drug-likeness (QED) is 0.464. The monoisotopic (exact) mass is 392 g/mol. The highest BCUT2D eigenvalue weighted by Gasteiger charge is 2.17. The molecule has 0 saturated heterocycles. The van der Waals surface area contributed by atoms with Crippen LogP contribution in [0.25, 0.3) is 32.5 Å². The molecular weight excluding hydrogens is 376 g/mol. The summed E-state index contributed by atoms with van der Waals surface area (Å²) in [6, 6.07) is 17.9. The SMILES string of the molecule is Cc1cccc(/C=C(\Cl)c2nc3sc(C)c(-c4ccccc4)c3c(=O)[nH]2)c1. The third kappa shape index (κ3) is 3.46. The van der Waals surface area contributed by atoms with Gasteiger partial charge in [-0.3, -0.25) is 4.79 Å². The van der Waals surface area contributed by atoms with E-state index >= 15 is 0 Å². The Hall–Kier alpha value is -2.69. The molecule has 2 aromatic carbocycles. The van der Waals surface area contributed by atoms with E-state index in [0.717, 1.165) is 27.1 Å². The zero-order valence-electron chi connectivity index (χ0n) is 14.9. The van der Waals surface area contributed by atoms with E-state index in [4.69, 9.17) is 11.6 Å². The van der Waals surface area contributed by atoms with Crippen molar-refractivity contribution in [3.63, 3.8) is 0 Å². The highest BCUT2D eigenvalue weighted by Crippen LogP contribution is 2.35. The Bertz CT molecular complexity index is 1220. The molecule has 5 heteroatoms. The number of rotatable bonds is 3.